The van der Waals surface area contributed by atoms with E-state index in [4.69, 9.17) is 0 Å². The normalized spacial score (nSPS) is 10.6. The second-order valence-corrected chi connectivity index (χ2v) is 5.71. The van der Waals surface area contributed by atoms with Crippen molar-refractivity contribution in [2.24, 2.45) is 0 Å². The van der Waals surface area contributed by atoms with Crippen molar-refractivity contribution in [3.8, 4) is 5.69 Å². The van der Waals surface area contributed by atoms with E-state index >= 15 is 0 Å². The summed E-state index contributed by atoms with van der Waals surface area (Å²) in [5, 5.41) is 6.59. The minimum atomic E-state index is -0.742. The highest BCUT2D eigenvalue weighted by Crippen LogP contribution is 2.09. The Hall–Kier alpha value is -3.35. The van der Waals surface area contributed by atoms with E-state index in [1.165, 1.54) is 10.7 Å². The molecule has 0 radical (unpaired) electrons. The van der Waals surface area contributed by atoms with Gasteiger partial charge in [0.25, 0.3) is 5.91 Å². The molecule has 0 unspecified atom stereocenters. The van der Waals surface area contributed by atoms with Gasteiger partial charge in [-0.1, -0.05) is 18.2 Å². The Morgan fingerprint density at radius 3 is 2.38 bits per heavy atom. The van der Waals surface area contributed by atoms with Gasteiger partial charge in [0.05, 0.1) is 5.69 Å². The molecule has 7 heteroatoms. The average Bonchev–Trinajstić information content (AvgIpc) is 2.60. The van der Waals surface area contributed by atoms with E-state index in [-0.39, 0.29) is 17.8 Å². The number of aromatic nitrogens is 2. The van der Waals surface area contributed by atoms with Crippen LogP contribution in [0.3, 0.4) is 0 Å². The molecule has 0 saturated heterocycles. The van der Waals surface area contributed by atoms with Crippen LogP contribution in [0.5, 0.6) is 0 Å². The molecule has 3 rings (SSSR count). The van der Waals surface area contributed by atoms with Crippen molar-refractivity contribution in [2.75, 3.05) is 0 Å². The topological polar surface area (TPSA) is 64.0 Å². The Morgan fingerprint density at radius 1 is 1.08 bits per heavy atom. The van der Waals surface area contributed by atoms with Crippen molar-refractivity contribution in [1.82, 2.24) is 15.1 Å². The maximum Gasteiger partial charge on any atom is 0.276 e. The zero-order valence-electron chi connectivity index (χ0n) is 13.9. The van der Waals surface area contributed by atoms with Crippen LogP contribution in [0, 0.1) is 18.6 Å². The molecule has 0 aliphatic heterocycles. The van der Waals surface area contributed by atoms with E-state index in [9.17, 15) is 18.4 Å². The van der Waals surface area contributed by atoms with Crippen LogP contribution in [0.25, 0.3) is 5.69 Å². The third-order valence-corrected chi connectivity index (χ3v) is 3.70. The Morgan fingerprint density at radius 2 is 1.73 bits per heavy atom. The first-order chi connectivity index (χ1) is 12.4. The Kier molecular flexibility index (Phi) is 4.88. The average molecular weight is 355 g/mol. The van der Waals surface area contributed by atoms with E-state index in [1.54, 1.807) is 19.1 Å². The molecule has 1 aromatic heterocycles. The number of nitrogens with one attached hydrogen (secondary N) is 1. The van der Waals surface area contributed by atoms with Gasteiger partial charge in [0.15, 0.2) is 5.69 Å². The molecular formula is C19H15F2N3O2. The van der Waals surface area contributed by atoms with Gasteiger partial charge < -0.3 is 5.32 Å². The Bertz CT molecular complexity index is 997. The summed E-state index contributed by atoms with van der Waals surface area (Å²) in [6.07, 6.45) is 0. The summed E-state index contributed by atoms with van der Waals surface area (Å²) in [5.74, 6) is -2.20. The van der Waals surface area contributed by atoms with Crippen LogP contribution in [0.2, 0.25) is 0 Å². The predicted octanol–water partition coefficient (Wildman–Crippen LogP) is 2.75. The fraction of sp³-hybridized carbons (Fsp3) is 0.105. The number of carbonyl (C=O) groups excluding carboxylic acids is 1. The minimum absolute atomic E-state index is 0.131. The van der Waals surface area contributed by atoms with Crippen molar-refractivity contribution < 1.29 is 13.6 Å². The molecule has 0 fully saturated rings. The van der Waals surface area contributed by atoms with Crippen molar-refractivity contribution >= 4 is 5.91 Å². The number of hydrogen-bond acceptors (Lipinski definition) is 3. The van der Waals surface area contributed by atoms with Crippen LogP contribution in [-0.2, 0) is 6.54 Å². The van der Waals surface area contributed by atoms with Crippen molar-refractivity contribution in [2.45, 2.75) is 13.5 Å². The lowest BCUT2D eigenvalue weighted by Crippen LogP contribution is -2.31. The van der Waals surface area contributed by atoms with Crippen LogP contribution in [0.4, 0.5) is 8.78 Å². The van der Waals surface area contributed by atoms with E-state index in [1.807, 2.05) is 18.2 Å². The fourth-order valence-electron chi connectivity index (χ4n) is 2.51. The summed E-state index contributed by atoms with van der Waals surface area (Å²) < 4.78 is 27.9. The zero-order valence-corrected chi connectivity index (χ0v) is 13.9. The molecule has 0 spiro atoms. The standard InChI is InChI=1S/C19H15F2N3O2/c1-12-7-17(25)18(23-24(12)16-5-3-2-4-6-16)19(26)22-11-13-8-14(20)10-15(21)9-13/h2-10H,11H2,1H3,(H,22,26). The number of aryl methyl sites for hydroxylation is 1. The first-order valence-electron chi connectivity index (χ1n) is 7.83. The molecule has 0 aliphatic rings. The van der Waals surface area contributed by atoms with Crippen LogP contribution >= 0.6 is 0 Å². The first-order valence-corrected chi connectivity index (χ1v) is 7.83. The minimum Gasteiger partial charge on any atom is -0.346 e. The molecule has 1 amide bonds. The highest BCUT2D eigenvalue weighted by atomic mass is 19.1. The van der Waals surface area contributed by atoms with Crippen LogP contribution in [0.15, 0.2) is 59.4 Å². The second-order valence-electron chi connectivity index (χ2n) is 5.71. The predicted molar refractivity (Wildman–Crippen MR) is 92.1 cm³/mol. The molecule has 0 atom stereocenters. The van der Waals surface area contributed by atoms with E-state index in [0.717, 1.165) is 18.2 Å². The van der Waals surface area contributed by atoms with E-state index < -0.39 is 23.0 Å². The molecule has 1 N–H and O–H groups in total. The van der Waals surface area contributed by atoms with Crippen molar-refractivity contribution in [3.05, 3.63) is 93.4 Å². The zero-order chi connectivity index (χ0) is 18.7. The highest BCUT2D eigenvalue weighted by Gasteiger charge is 2.15. The first kappa shape index (κ1) is 17.5. The largest absolute Gasteiger partial charge is 0.346 e. The molecule has 5 nitrogen and oxygen atoms in total. The lowest BCUT2D eigenvalue weighted by atomic mass is 10.2. The van der Waals surface area contributed by atoms with Crippen LogP contribution < -0.4 is 10.7 Å². The monoisotopic (exact) mass is 355 g/mol. The third-order valence-electron chi connectivity index (χ3n) is 3.70. The second kappa shape index (κ2) is 7.26. The number of carbonyl (C=O) groups is 1. The molecule has 26 heavy (non-hydrogen) atoms. The summed E-state index contributed by atoms with van der Waals surface area (Å²) in [5.41, 5.74) is 0.691. The van der Waals surface area contributed by atoms with Crippen molar-refractivity contribution in [1.29, 1.82) is 0 Å². The molecule has 2 aromatic carbocycles. The maximum absolute atomic E-state index is 13.2. The summed E-state index contributed by atoms with van der Waals surface area (Å²) in [7, 11) is 0. The van der Waals surface area contributed by atoms with Gasteiger partial charge in [-0.25, -0.2) is 13.5 Å². The molecule has 0 bridgehead atoms. The van der Waals surface area contributed by atoms with Crippen molar-refractivity contribution in [3.63, 3.8) is 0 Å². The number of nitrogens with zero attached hydrogens (tertiary/aromatic N) is 2. The molecule has 3 aromatic rings. The van der Waals surface area contributed by atoms with Gasteiger partial charge in [0.1, 0.15) is 11.6 Å². The molecule has 1 heterocycles. The number of amides is 1. The Labute approximate surface area is 147 Å². The lowest BCUT2D eigenvalue weighted by Gasteiger charge is -2.11. The third kappa shape index (κ3) is 3.83. The number of para-hydroxylation sites is 1. The number of hydrogen-bond donors (Lipinski definition) is 1. The Balaban J connectivity index is 1.86. The van der Waals surface area contributed by atoms with E-state index in [0.29, 0.717) is 11.4 Å². The highest BCUT2D eigenvalue weighted by molar-refractivity contribution is 5.92. The van der Waals surface area contributed by atoms with Gasteiger partial charge in [0, 0.05) is 24.4 Å². The van der Waals surface area contributed by atoms with Gasteiger partial charge in [-0.3, -0.25) is 9.59 Å². The van der Waals surface area contributed by atoms with Crippen LogP contribution in [-0.4, -0.2) is 15.7 Å². The smallest absolute Gasteiger partial charge is 0.276 e. The number of rotatable bonds is 4. The fourth-order valence-corrected chi connectivity index (χ4v) is 2.51. The van der Waals surface area contributed by atoms with Gasteiger partial charge >= 0.3 is 0 Å². The number of benzene rings is 2. The molecule has 0 saturated carbocycles. The van der Waals surface area contributed by atoms with Gasteiger partial charge in [-0.15, -0.1) is 0 Å². The summed E-state index contributed by atoms with van der Waals surface area (Å²) in [6, 6.07) is 13.3. The maximum atomic E-state index is 13.2. The van der Waals surface area contributed by atoms with Crippen LogP contribution in [0.1, 0.15) is 21.7 Å². The lowest BCUT2D eigenvalue weighted by molar-refractivity contribution is 0.0943. The SMILES string of the molecule is Cc1cc(=O)c(C(=O)NCc2cc(F)cc(F)c2)nn1-c1ccccc1. The van der Waals surface area contributed by atoms with Gasteiger partial charge in [0.2, 0.25) is 5.43 Å². The summed E-state index contributed by atoms with van der Waals surface area (Å²) in [6.45, 7) is 1.58. The number of halogens is 2. The molecular weight excluding hydrogens is 340 g/mol. The quantitative estimate of drug-likeness (QED) is 0.783. The molecule has 0 aliphatic carbocycles. The summed E-state index contributed by atoms with van der Waals surface area (Å²) in [4.78, 5) is 24.5. The van der Waals surface area contributed by atoms with Gasteiger partial charge in [-0.2, -0.15) is 5.10 Å². The van der Waals surface area contributed by atoms with E-state index in [2.05, 4.69) is 10.4 Å². The van der Waals surface area contributed by atoms with Gasteiger partial charge in [-0.05, 0) is 36.8 Å². The molecule has 132 valence electrons. The summed E-state index contributed by atoms with van der Waals surface area (Å²) >= 11 is 0.